The molecule has 4 heteroatoms. The summed E-state index contributed by atoms with van der Waals surface area (Å²) in [5.41, 5.74) is 1.23. The Labute approximate surface area is 86.8 Å². The van der Waals surface area contributed by atoms with E-state index in [1.807, 2.05) is 6.92 Å². The van der Waals surface area contributed by atoms with Crippen LogP contribution in [0.15, 0.2) is 30.6 Å². The number of aliphatic hydroxyl groups is 1. The molecule has 0 atom stereocenters. The molecule has 1 aromatic heterocycles. The van der Waals surface area contributed by atoms with Gasteiger partial charge in [0, 0.05) is 18.1 Å². The first-order valence-corrected chi connectivity index (χ1v) is 4.61. The number of hydrogen-bond donors (Lipinski definition) is 1. The van der Waals surface area contributed by atoms with Crippen LogP contribution in [0, 0.1) is 12.7 Å². The van der Waals surface area contributed by atoms with Gasteiger partial charge in [-0.3, -0.25) is 0 Å². The van der Waals surface area contributed by atoms with E-state index < -0.39 is 0 Å². The number of hydrogen-bond acceptors (Lipinski definition) is 2. The van der Waals surface area contributed by atoms with Crippen LogP contribution < -0.4 is 0 Å². The molecule has 0 saturated carbocycles. The number of halogens is 1. The number of benzene rings is 1. The van der Waals surface area contributed by atoms with Gasteiger partial charge in [0.05, 0.1) is 6.61 Å². The average molecular weight is 206 g/mol. The summed E-state index contributed by atoms with van der Waals surface area (Å²) in [4.78, 5) is 4.06. The van der Waals surface area contributed by atoms with Crippen molar-refractivity contribution in [2.24, 2.45) is 0 Å². The highest BCUT2D eigenvalue weighted by atomic mass is 19.1. The number of rotatable bonds is 2. The quantitative estimate of drug-likeness (QED) is 0.813. The highest BCUT2D eigenvalue weighted by Crippen LogP contribution is 2.15. The van der Waals surface area contributed by atoms with Crippen LogP contribution in [-0.4, -0.2) is 14.7 Å². The topological polar surface area (TPSA) is 38.0 Å². The lowest BCUT2D eigenvalue weighted by molar-refractivity contribution is 0.281. The monoisotopic (exact) mass is 206 g/mol. The van der Waals surface area contributed by atoms with Crippen LogP contribution in [0.2, 0.25) is 0 Å². The van der Waals surface area contributed by atoms with Crippen molar-refractivity contribution >= 4 is 0 Å². The lowest BCUT2D eigenvalue weighted by Gasteiger charge is -2.07. The zero-order valence-electron chi connectivity index (χ0n) is 8.31. The van der Waals surface area contributed by atoms with Gasteiger partial charge in [0.25, 0.3) is 0 Å². The van der Waals surface area contributed by atoms with Crippen LogP contribution in [-0.2, 0) is 6.61 Å². The van der Waals surface area contributed by atoms with Crippen LogP contribution in [0.5, 0.6) is 0 Å². The molecule has 0 bridgehead atoms. The van der Waals surface area contributed by atoms with Gasteiger partial charge in [0.15, 0.2) is 0 Å². The lowest BCUT2D eigenvalue weighted by atomic mass is 10.2. The molecule has 0 aliphatic rings. The van der Waals surface area contributed by atoms with Crippen molar-refractivity contribution in [2.45, 2.75) is 13.5 Å². The molecule has 2 rings (SSSR count). The fraction of sp³-hybridized carbons (Fsp3) is 0.182. The lowest BCUT2D eigenvalue weighted by Crippen LogP contribution is -1.98. The standard InChI is InChI=1S/C11H11FN2O/c1-8-13-2-3-14(8)11-5-9(7-15)4-10(12)6-11/h2-6,15H,7H2,1H3. The minimum Gasteiger partial charge on any atom is -0.392 e. The summed E-state index contributed by atoms with van der Waals surface area (Å²) in [6.07, 6.45) is 3.41. The molecule has 1 aromatic carbocycles. The molecule has 0 saturated heterocycles. The first kappa shape index (κ1) is 9.86. The van der Waals surface area contributed by atoms with Gasteiger partial charge in [0.2, 0.25) is 0 Å². The third kappa shape index (κ3) is 1.89. The van der Waals surface area contributed by atoms with Crippen molar-refractivity contribution in [3.63, 3.8) is 0 Å². The summed E-state index contributed by atoms with van der Waals surface area (Å²) in [7, 11) is 0. The molecule has 0 spiro atoms. The number of imidazole rings is 1. The Morgan fingerprint density at radius 1 is 1.40 bits per heavy atom. The fourth-order valence-corrected chi connectivity index (χ4v) is 1.51. The fourth-order valence-electron chi connectivity index (χ4n) is 1.51. The molecule has 0 unspecified atom stereocenters. The van der Waals surface area contributed by atoms with Crippen LogP contribution in [0.4, 0.5) is 4.39 Å². The van der Waals surface area contributed by atoms with Crippen molar-refractivity contribution in [2.75, 3.05) is 0 Å². The number of nitrogens with zero attached hydrogens (tertiary/aromatic N) is 2. The van der Waals surface area contributed by atoms with Crippen LogP contribution >= 0.6 is 0 Å². The number of aromatic nitrogens is 2. The largest absolute Gasteiger partial charge is 0.392 e. The summed E-state index contributed by atoms with van der Waals surface area (Å²) in [6, 6.07) is 4.46. The molecule has 2 aromatic rings. The van der Waals surface area contributed by atoms with Crippen LogP contribution in [0.1, 0.15) is 11.4 Å². The van der Waals surface area contributed by atoms with E-state index in [0.29, 0.717) is 11.3 Å². The maximum Gasteiger partial charge on any atom is 0.125 e. The highest BCUT2D eigenvalue weighted by molar-refractivity contribution is 5.37. The zero-order chi connectivity index (χ0) is 10.8. The molecular formula is C11H11FN2O. The van der Waals surface area contributed by atoms with Gasteiger partial charge < -0.3 is 9.67 Å². The van der Waals surface area contributed by atoms with Crippen molar-refractivity contribution in [1.82, 2.24) is 9.55 Å². The zero-order valence-corrected chi connectivity index (χ0v) is 8.31. The Bertz CT molecular complexity index is 479. The molecule has 0 aliphatic carbocycles. The normalized spacial score (nSPS) is 10.6. The summed E-state index contributed by atoms with van der Waals surface area (Å²) >= 11 is 0. The van der Waals surface area contributed by atoms with E-state index in [0.717, 1.165) is 5.82 Å². The van der Waals surface area contributed by atoms with Gasteiger partial charge in [-0.05, 0) is 30.7 Å². The first-order valence-electron chi connectivity index (χ1n) is 4.61. The van der Waals surface area contributed by atoms with E-state index in [-0.39, 0.29) is 12.4 Å². The Balaban J connectivity index is 2.53. The summed E-state index contributed by atoms with van der Waals surface area (Å²) in [5.74, 6) is 0.425. The molecule has 1 N–H and O–H groups in total. The van der Waals surface area contributed by atoms with Crippen molar-refractivity contribution in [3.05, 3.63) is 47.8 Å². The molecule has 0 aliphatic heterocycles. The van der Waals surface area contributed by atoms with E-state index in [9.17, 15) is 4.39 Å². The molecule has 0 amide bonds. The van der Waals surface area contributed by atoms with Gasteiger partial charge in [-0.25, -0.2) is 9.37 Å². The van der Waals surface area contributed by atoms with Gasteiger partial charge >= 0.3 is 0 Å². The van der Waals surface area contributed by atoms with E-state index in [2.05, 4.69) is 4.98 Å². The maximum atomic E-state index is 13.2. The Morgan fingerprint density at radius 3 is 2.80 bits per heavy atom. The highest BCUT2D eigenvalue weighted by Gasteiger charge is 2.04. The van der Waals surface area contributed by atoms with Crippen molar-refractivity contribution in [3.8, 4) is 5.69 Å². The van der Waals surface area contributed by atoms with E-state index in [4.69, 9.17) is 5.11 Å². The SMILES string of the molecule is Cc1nccn1-c1cc(F)cc(CO)c1. The minimum absolute atomic E-state index is 0.168. The van der Waals surface area contributed by atoms with E-state index in [1.54, 1.807) is 23.0 Å². The van der Waals surface area contributed by atoms with Gasteiger partial charge in [0.1, 0.15) is 11.6 Å². The maximum absolute atomic E-state index is 13.2. The van der Waals surface area contributed by atoms with Gasteiger partial charge in [-0.1, -0.05) is 0 Å². The first-order chi connectivity index (χ1) is 7.20. The second kappa shape index (κ2) is 3.82. The molecule has 0 fully saturated rings. The predicted octanol–water partition coefficient (Wildman–Crippen LogP) is 1.81. The third-order valence-electron chi connectivity index (χ3n) is 2.23. The molecule has 78 valence electrons. The van der Waals surface area contributed by atoms with Crippen molar-refractivity contribution < 1.29 is 9.50 Å². The number of aryl methyl sites for hydroxylation is 1. The third-order valence-corrected chi connectivity index (χ3v) is 2.23. The second-order valence-corrected chi connectivity index (χ2v) is 3.32. The van der Waals surface area contributed by atoms with E-state index in [1.165, 1.54) is 12.1 Å². The molecule has 3 nitrogen and oxygen atoms in total. The second-order valence-electron chi connectivity index (χ2n) is 3.32. The summed E-state index contributed by atoms with van der Waals surface area (Å²) in [5, 5.41) is 8.96. The Kier molecular flexibility index (Phi) is 2.51. The van der Waals surface area contributed by atoms with Gasteiger partial charge in [-0.2, -0.15) is 0 Å². The Hall–Kier alpha value is -1.68. The summed E-state index contributed by atoms with van der Waals surface area (Å²) in [6.45, 7) is 1.67. The summed E-state index contributed by atoms with van der Waals surface area (Å²) < 4.78 is 15.0. The average Bonchev–Trinajstić information content (AvgIpc) is 2.63. The predicted molar refractivity (Wildman–Crippen MR) is 54.2 cm³/mol. The minimum atomic E-state index is -0.357. The molecule has 15 heavy (non-hydrogen) atoms. The van der Waals surface area contributed by atoms with Gasteiger partial charge in [-0.15, -0.1) is 0 Å². The van der Waals surface area contributed by atoms with E-state index >= 15 is 0 Å². The number of aliphatic hydroxyl groups excluding tert-OH is 1. The smallest absolute Gasteiger partial charge is 0.125 e. The van der Waals surface area contributed by atoms with Crippen LogP contribution in [0.3, 0.4) is 0 Å². The van der Waals surface area contributed by atoms with Crippen molar-refractivity contribution in [1.29, 1.82) is 0 Å². The Morgan fingerprint density at radius 2 is 2.20 bits per heavy atom. The molecule has 0 radical (unpaired) electrons. The molecular weight excluding hydrogens is 195 g/mol. The van der Waals surface area contributed by atoms with Crippen LogP contribution in [0.25, 0.3) is 5.69 Å². The molecule has 1 heterocycles.